The maximum atomic E-state index is 14.2. The van der Waals surface area contributed by atoms with E-state index < -0.39 is 11.8 Å². The molecule has 1 amide bonds. The number of benzene rings is 2. The number of aryl methyl sites for hydroxylation is 1. The monoisotopic (exact) mass is 431 g/mol. The quantitative estimate of drug-likeness (QED) is 0.688. The molecule has 1 aliphatic rings. The first-order valence-electron chi connectivity index (χ1n) is 9.43. The lowest BCUT2D eigenvalue weighted by Gasteiger charge is -2.28. The summed E-state index contributed by atoms with van der Waals surface area (Å²) in [6.45, 7) is -0.352. The van der Waals surface area contributed by atoms with Crippen LogP contribution in [0.5, 0.6) is 5.75 Å². The van der Waals surface area contributed by atoms with Crippen LogP contribution < -0.4 is 4.74 Å². The number of alkyl halides is 3. The molecule has 0 aliphatic heterocycles. The van der Waals surface area contributed by atoms with Crippen molar-refractivity contribution in [2.24, 2.45) is 7.05 Å². The Balaban J connectivity index is 1.97. The zero-order valence-electron chi connectivity index (χ0n) is 17.1. The Bertz CT molecular complexity index is 1170. The maximum Gasteiger partial charge on any atom is 0.425 e. The summed E-state index contributed by atoms with van der Waals surface area (Å²) in [6.07, 6.45) is -1.78. The lowest BCUT2D eigenvalue weighted by Crippen LogP contribution is -2.41. The first-order chi connectivity index (χ1) is 14.5. The molecule has 1 atom stereocenters. The second-order valence-corrected chi connectivity index (χ2v) is 7.63. The molecule has 3 aromatic rings. The lowest BCUT2D eigenvalue weighted by atomic mass is 9.89. The van der Waals surface area contributed by atoms with E-state index in [4.69, 9.17) is 4.74 Å². The van der Waals surface area contributed by atoms with Crippen molar-refractivity contribution in [1.82, 2.24) is 14.7 Å². The van der Waals surface area contributed by atoms with Crippen LogP contribution >= 0.6 is 0 Å². The molecule has 0 fully saturated rings. The van der Waals surface area contributed by atoms with E-state index in [1.54, 1.807) is 45.5 Å². The van der Waals surface area contributed by atoms with Gasteiger partial charge in [0, 0.05) is 44.0 Å². The van der Waals surface area contributed by atoms with Crippen molar-refractivity contribution in [1.29, 1.82) is 0 Å². The van der Waals surface area contributed by atoms with Gasteiger partial charge in [0.05, 0.1) is 6.20 Å². The second-order valence-electron chi connectivity index (χ2n) is 7.63. The van der Waals surface area contributed by atoms with Gasteiger partial charge in [0.25, 0.3) is 5.91 Å². The fourth-order valence-corrected chi connectivity index (χ4v) is 3.80. The molecule has 162 valence electrons. The summed E-state index contributed by atoms with van der Waals surface area (Å²) >= 11 is 0. The highest BCUT2D eigenvalue weighted by atomic mass is 19.4. The molecule has 1 N–H and O–H groups in total. The normalized spacial score (nSPS) is 17.3. The molecular weight excluding hydrogens is 411 g/mol. The highest BCUT2D eigenvalue weighted by Crippen LogP contribution is 2.58. The molecule has 0 bridgehead atoms. The van der Waals surface area contributed by atoms with Crippen LogP contribution in [0.2, 0.25) is 0 Å². The molecule has 0 radical (unpaired) electrons. The van der Waals surface area contributed by atoms with E-state index in [-0.39, 0.29) is 40.5 Å². The van der Waals surface area contributed by atoms with Crippen molar-refractivity contribution in [3.8, 4) is 28.0 Å². The topological polar surface area (TPSA) is 67.6 Å². The minimum Gasteiger partial charge on any atom is -0.484 e. The second kappa shape index (κ2) is 7.12. The van der Waals surface area contributed by atoms with Crippen molar-refractivity contribution in [2.75, 3.05) is 20.7 Å². The molecule has 1 aliphatic carbocycles. The molecule has 31 heavy (non-hydrogen) atoms. The number of ether oxygens (including phenoxy) is 1. The highest BCUT2D eigenvalue weighted by Gasteiger charge is 2.61. The van der Waals surface area contributed by atoms with E-state index in [0.717, 1.165) is 6.07 Å². The third-order valence-corrected chi connectivity index (χ3v) is 5.38. The molecule has 0 saturated carbocycles. The zero-order chi connectivity index (χ0) is 22.6. The van der Waals surface area contributed by atoms with Crippen LogP contribution in [-0.2, 0) is 17.4 Å². The lowest BCUT2D eigenvalue weighted by molar-refractivity contribution is -0.246. The number of hydrogen-bond donors (Lipinski definition) is 1. The predicted octanol–water partition coefficient (Wildman–Crippen LogP) is 3.33. The number of likely N-dealkylation sites (N-methyl/N-ethyl adjacent to an activating group) is 1. The summed E-state index contributed by atoms with van der Waals surface area (Å²) in [6, 6.07) is 8.62. The Morgan fingerprint density at radius 3 is 2.52 bits per heavy atom. The van der Waals surface area contributed by atoms with E-state index in [1.807, 2.05) is 0 Å². The van der Waals surface area contributed by atoms with E-state index in [0.29, 0.717) is 11.1 Å². The molecule has 6 nitrogen and oxygen atoms in total. The zero-order valence-corrected chi connectivity index (χ0v) is 17.1. The molecule has 0 spiro atoms. The summed E-state index contributed by atoms with van der Waals surface area (Å²) in [5.41, 5.74) is -2.27. The van der Waals surface area contributed by atoms with Gasteiger partial charge >= 0.3 is 6.18 Å². The number of aliphatic hydroxyl groups is 1. The summed E-state index contributed by atoms with van der Waals surface area (Å²) in [5.74, 6) is -0.305. The maximum absolute atomic E-state index is 14.2. The predicted molar refractivity (Wildman–Crippen MR) is 107 cm³/mol. The van der Waals surface area contributed by atoms with Crippen LogP contribution in [0.25, 0.3) is 22.3 Å². The standard InChI is InChI=1S/C22H20F3N3O3/c1-27(2)19(29)12-31-14-8-16(13-10-26-28(3)11-13)20-15-6-4-5-7-17(15)21(30,18(20)9-14)22(23,24)25/h4-11,30H,12H2,1-3H3. The van der Waals surface area contributed by atoms with E-state index in [1.165, 1.54) is 27.9 Å². The van der Waals surface area contributed by atoms with Gasteiger partial charge in [0.15, 0.2) is 6.61 Å². The van der Waals surface area contributed by atoms with E-state index in [2.05, 4.69) is 5.10 Å². The van der Waals surface area contributed by atoms with Crippen LogP contribution in [-0.4, -0.2) is 52.6 Å². The molecule has 1 heterocycles. The van der Waals surface area contributed by atoms with Gasteiger partial charge in [-0.2, -0.15) is 18.3 Å². The van der Waals surface area contributed by atoms with Gasteiger partial charge in [-0.05, 0) is 28.8 Å². The average Bonchev–Trinajstić information content (AvgIpc) is 3.26. The Morgan fingerprint density at radius 1 is 1.19 bits per heavy atom. The van der Waals surface area contributed by atoms with Gasteiger partial charge in [-0.3, -0.25) is 9.48 Å². The largest absolute Gasteiger partial charge is 0.484 e. The molecule has 1 aromatic heterocycles. The van der Waals surface area contributed by atoms with Gasteiger partial charge in [0.1, 0.15) is 5.75 Å². The molecular formula is C22H20F3N3O3. The van der Waals surface area contributed by atoms with E-state index in [9.17, 15) is 23.1 Å². The number of hydrogen-bond acceptors (Lipinski definition) is 4. The number of amides is 1. The van der Waals surface area contributed by atoms with Gasteiger partial charge < -0.3 is 14.7 Å². The average molecular weight is 431 g/mol. The number of halogens is 3. The fourth-order valence-electron chi connectivity index (χ4n) is 3.80. The highest BCUT2D eigenvalue weighted by molar-refractivity contribution is 5.93. The summed E-state index contributed by atoms with van der Waals surface area (Å²) in [4.78, 5) is 13.2. The SMILES string of the molecule is CN(C)C(=O)COc1cc(-c2cnn(C)c2)c2c(c1)C(O)(C(F)(F)F)c1ccccc1-2. The van der Waals surface area contributed by atoms with Crippen LogP contribution in [0.15, 0.2) is 48.8 Å². The number of carbonyl (C=O) groups is 1. The number of nitrogens with zero attached hydrogens (tertiary/aromatic N) is 3. The Morgan fingerprint density at radius 2 is 1.90 bits per heavy atom. The van der Waals surface area contributed by atoms with Gasteiger partial charge in [-0.1, -0.05) is 24.3 Å². The van der Waals surface area contributed by atoms with Crippen molar-refractivity contribution < 1.29 is 27.8 Å². The Kier molecular flexibility index (Phi) is 4.81. The first kappa shape index (κ1) is 20.9. The van der Waals surface area contributed by atoms with Crippen molar-refractivity contribution in [3.05, 3.63) is 59.9 Å². The summed E-state index contributed by atoms with van der Waals surface area (Å²) in [5, 5.41) is 15.1. The molecule has 2 aromatic carbocycles. The summed E-state index contributed by atoms with van der Waals surface area (Å²) in [7, 11) is 4.79. The molecule has 9 heteroatoms. The number of fused-ring (bicyclic) bond motifs is 3. The minimum absolute atomic E-state index is 0.0447. The minimum atomic E-state index is -4.97. The summed E-state index contributed by atoms with van der Waals surface area (Å²) < 4.78 is 49.7. The Labute approximate surface area is 176 Å². The molecule has 1 unspecified atom stereocenters. The van der Waals surface area contributed by atoms with Crippen LogP contribution in [0.1, 0.15) is 11.1 Å². The van der Waals surface area contributed by atoms with Crippen LogP contribution in [0.3, 0.4) is 0 Å². The third-order valence-electron chi connectivity index (χ3n) is 5.38. The van der Waals surface area contributed by atoms with Crippen molar-refractivity contribution in [2.45, 2.75) is 11.8 Å². The number of rotatable bonds is 4. The van der Waals surface area contributed by atoms with Crippen LogP contribution in [0.4, 0.5) is 13.2 Å². The van der Waals surface area contributed by atoms with E-state index >= 15 is 0 Å². The number of aromatic nitrogens is 2. The van der Waals surface area contributed by atoms with Crippen LogP contribution in [0, 0.1) is 0 Å². The Hall–Kier alpha value is -3.33. The fraction of sp³-hybridized carbons (Fsp3) is 0.273. The molecule has 0 saturated heterocycles. The van der Waals surface area contributed by atoms with Gasteiger partial charge in [-0.25, -0.2) is 0 Å². The first-order valence-corrected chi connectivity index (χ1v) is 9.43. The van der Waals surface area contributed by atoms with Gasteiger partial charge in [0.2, 0.25) is 5.60 Å². The number of carbonyl (C=O) groups excluding carboxylic acids is 1. The molecule has 4 rings (SSSR count). The van der Waals surface area contributed by atoms with Crippen molar-refractivity contribution in [3.63, 3.8) is 0 Å². The smallest absolute Gasteiger partial charge is 0.425 e. The van der Waals surface area contributed by atoms with Gasteiger partial charge in [-0.15, -0.1) is 0 Å². The third kappa shape index (κ3) is 3.25. The van der Waals surface area contributed by atoms with Crippen molar-refractivity contribution >= 4 is 5.91 Å².